The summed E-state index contributed by atoms with van der Waals surface area (Å²) in [5, 5.41) is 3.07. The third kappa shape index (κ3) is 3.11. The number of amides is 1. The fourth-order valence-electron chi connectivity index (χ4n) is 2.70. The number of carbonyl (C=O) groups is 1. The van der Waals surface area contributed by atoms with E-state index >= 15 is 0 Å². The highest BCUT2D eigenvalue weighted by Gasteiger charge is 2.25. The van der Waals surface area contributed by atoms with Gasteiger partial charge in [0, 0.05) is 16.5 Å². The lowest BCUT2D eigenvalue weighted by molar-refractivity contribution is 0.0939. The van der Waals surface area contributed by atoms with Gasteiger partial charge in [0.25, 0.3) is 5.91 Å². The van der Waals surface area contributed by atoms with Crippen LogP contribution in [0, 0.1) is 0 Å². The van der Waals surface area contributed by atoms with Gasteiger partial charge in [0.1, 0.15) is 10.6 Å². The van der Waals surface area contributed by atoms with Crippen LogP contribution < -0.4 is 10.1 Å². The summed E-state index contributed by atoms with van der Waals surface area (Å²) < 4.78 is 5.50. The first-order valence-electron chi connectivity index (χ1n) is 7.16. The highest BCUT2D eigenvalue weighted by atomic mass is 32.1. The number of carbonyl (C=O) groups excluding carboxylic acids is 1. The monoisotopic (exact) mass is 281 g/mol. The van der Waals surface area contributed by atoms with E-state index in [1.807, 2.05) is 0 Å². The number of rotatable bonds is 5. The summed E-state index contributed by atoms with van der Waals surface area (Å²) in [6.07, 6.45) is 6.66. The van der Waals surface area contributed by atoms with E-state index in [9.17, 15) is 4.79 Å². The minimum Gasteiger partial charge on any atom is -0.495 e. The normalized spacial score (nSPS) is 15.7. The Morgan fingerprint density at radius 2 is 2.16 bits per heavy atom. The van der Waals surface area contributed by atoms with Crippen molar-refractivity contribution in [1.82, 2.24) is 5.32 Å². The molecule has 0 radical (unpaired) electrons. The SMILES string of the molecule is CCCC(C)NC(=O)c1sc2c(c1OC)CCCC2. The fraction of sp³-hybridized carbons (Fsp3) is 0.667. The Labute approximate surface area is 119 Å². The molecule has 3 nitrogen and oxygen atoms in total. The third-order valence-electron chi connectivity index (χ3n) is 3.63. The molecule has 0 spiro atoms. The fourth-order valence-corrected chi connectivity index (χ4v) is 3.96. The first kappa shape index (κ1) is 14.4. The summed E-state index contributed by atoms with van der Waals surface area (Å²) in [6, 6.07) is 0.223. The Kier molecular flexibility index (Phi) is 4.86. The van der Waals surface area contributed by atoms with Crippen LogP contribution in [0.4, 0.5) is 0 Å². The molecule has 1 aliphatic carbocycles. The molecule has 0 aliphatic heterocycles. The maximum Gasteiger partial charge on any atom is 0.265 e. The predicted octanol–water partition coefficient (Wildman–Crippen LogP) is 3.55. The maximum atomic E-state index is 12.3. The molecule has 2 rings (SSSR count). The number of nitrogens with one attached hydrogen (secondary N) is 1. The first-order chi connectivity index (χ1) is 9.17. The topological polar surface area (TPSA) is 38.3 Å². The summed E-state index contributed by atoms with van der Waals surface area (Å²) in [6.45, 7) is 4.19. The van der Waals surface area contributed by atoms with Gasteiger partial charge in [-0.15, -0.1) is 11.3 Å². The molecule has 1 unspecified atom stereocenters. The van der Waals surface area contributed by atoms with Crippen molar-refractivity contribution in [3.8, 4) is 5.75 Å². The molecule has 1 heterocycles. The molecule has 1 aliphatic rings. The lowest BCUT2D eigenvalue weighted by Crippen LogP contribution is -2.32. The van der Waals surface area contributed by atoms with Gasteiger partial charge >= 0.3 is 0 Å². The van der Waals surface area contributed by atoms with Crippen molar-refractivity contribution >= 4 is 17.2 Å². The van der Waals surface area contributed by atoms with E-state index in [-0.39, 0.29) is 11.9 Å². The Bertz CT molecular complexity index is 453. The minimum atomic E-state index is 0.0252. The minimum absolute atomic E-state index is 0.0252. The molecule has 0 fully saturated rings. The number of methoxy groups -OCH3 is 1. The van der Waals surface area contributed by atoms with Gasteiger partial charge in [-0.25, -0.2) is 0 Å². The number of aryl methyl sites for hydroxylation is 1. The largest absolute Gasteiger partial charge is 0.495 e. The Morgan fingerprint density at radius 1 is 1.42 bits per heavy atom. The molecule has 1 atom stereocenters. The van der Waals surface area contributed by atoms with Crippen molar-refractivity contribution in [1.29, 1.82) is 0 Å². The standard InChI is InChI=1S/C15H23NO2S/c1-4-7-10(2)16-15(17)14-13(18-3)11-8-5-6-9-12(11)19-14/h10H,4-9H2,1-3H3,(H,16,17). The molecule has 1 N–H and O–H groups in total. The van der Waals surface area contributed by atoms with Gasteiger partial charge in [0.2, 0.25) is 0 Å². The highest BCUT2D eigenvalue weighted by Crippen LogP contribution is 2.39. The Balaban J connectivity index is 2.19. The average molecular weight is 281 g/mol. The average Bonchev–Trinajstić information content (AvgIpc) is 2.77. The lowest BCUT2D eigenvalue weighted by atomic mass is 9.98. The van der Waals surface area contributed by atoms with Crippen molar-refractivity contribution in [3.05, 3.63) is 15.3 Å². The molecule has 1 aromatic rings. The molecule has 1 amide bonds. The number of ether oxygens (including phenoxy) is 1. The van der Waals surface area contributed by atoms with Crippen LogP contribution in [0.1, 0.15) is 59.6 Å². The van der Waals surface area contributed by atoms with Crippen LogP contribution in [0.15, 0.2) is 0 Å². The summed E-state index contributed by atoms with van der Waals surface area (Å²) in [7, 11) is 1.67. The van der Waals surface area contributed by atoms with Crippen molar-refractivity contribution in [2.75, 3.05) is 7.11 Å². The van der Waals surface area contributed by atoms with Gasteiger partial charge in [-0.05, 0) is 39.0 Å². The number of fused-ring (bicyclic) bond motifs is 1. The van der Waals surface area contributed by atoms with Crippen LogP contribution in [0.25, 0.3) is 0 Å². The molecular formula is C15H23NO2S. The second kappa shape index (κ2) is 6.42. The quantitative estimate of drug-likeness (QED) is 0.896. The van der Waals surface area contributed by atoms with E-state index in [1.165, 1.54) is 23.3 Å². The Hall–Kier alpha value is -1.03. The number of hydrogen-bond donors (Lipinski definition) is 1. The van der Waals surface area contributed by atoms with Gasteiger partial charge in [-0.3, -0.25) is 4.79 Å². The van der Waals surface area contributed by atoms with Crippen LogP contribution in [-0.2, 0) is 12.8 Å². The summed E-state index contributed by atoms with van der Waals surface area (Å²) in [5.41, 5.74) is 1.27. The molecule has 0 saturated heterocycles. The van der Waals surface area contributed by atoms with Crippen molar-refractivity contribution in [2.45, 2.75) is 58.4 Å². The molecule has 4 heteroatoms. The maximum absolute atomic E-state index is 12.3. The summed E-state index contributed by atoms with van der Waals surface area (Å²) >= 11 is 1.62. The first-order valence-corrected chi connectivity index (χ1v) is 7.98. The molecule has 0 aromatic carbocycles. The van der Waals surface area contributed by atoms with Crippen LogP contribution in [0.5, 0.6) is 5.75 Å². The molecule has 0 saturated carbocycles. The van der Waals surface area contributed by atoms with Crippen LogP contribution >= 0.6 is 11.3 Å². The summed E-state index contributed by atoms with van der Waals surface area (Å²) in [4.78, 5) is 14.5. The molecule has 1 aromatic heterocycles. The second-order valence-corrected chi connectivity index (χ2v) is 6.34. The third-order valence-corrected chi connectivity index (χ3v) is 4.90. The molecule has 0 bridgehead atoms. The predicted molar refractivity (Wildman–Crippen MR) is 79.3 cm³/mol. The van der Waals surface area contributed by atoms with E-state index in [0.717, 1.165) is 36.3 Å². The van der Waals surface area contributed by atoms with Crippen molar-refractivity contribution in [2.24, 2.45) is 0 Å². The zero-order valence-electron chi connectivity index (χ0n) is 12.0. The summed E-state index contributed by atoms with van der Waals surface area (Å²) in [5.74, 6) is 0.845. The van der Waals surface area contributed by atoms with Gasteiger partial charge < -0.3 is 10.1 Å². The van der Waals surface area contributed by atoms with Gasteiger partial charge in [0.05, 0.1) is 7.11 Å². The highest BCUT2D eigenvalue weighted by molar-refractivity contribution is 7.14. The van der Waals surface area contributed by atoms with E-state index in [2.05, 4.69) is 19.2 Å². The molecular weight excluding hydrogens is 258 g/mol. The van der Waals surface area contributed by atoms with E-state index in [1.54, 1.807) is 18.4 Å². The van der Waals surface area contributed by atoms with E-state index < -0.39 is 0 Å². The van der Waals surface area contributed by atoms with Crippen LogP contribution in [-0.4, -0.2) is 19.1 Å². The lowest BCUT2D eigenvalue weighted by Gasteiger charge is -2.13. The van der Waals surface area contributed by atoms with Crippen molar-refractivity contribution < 1.29 is 9.53 Å². The van der Waals surface area contributed by atoms with Crippen LogP contribution in [0.2, 0.25) is 0 Å². The van der Waals surface area contributed by atoms with Crippen molar-refractivity contribution in [3.63, 3.8) is 0 Å². The number of thiophene rings is 1. The van der Waals surface area contributed by atoms with Gasteiger partial charge in [-0.1, -0.05) is 13.3 Å². The second-order valence-electron chi connectivity index (χ2n) is 5.24. The zero-order valence-corrected chi connectivity index (χ0v) is 12.9. The molecule has 106 valence electrons. The van der Waals surface area contributed by atoms with E-state index in [0.29, 0.717) is 0 Å². The zero-order chi connectivity index (χ0) is 13.8. The smallest absolute Gasteiger partial charge is 0.265 e. The van der Waals surface area contributed by atoms with Crippen LogP contribution in [0.3, 0.4) is 0 Å². The van der Waals surface area contributed by atoms with Gasteiger partial charge in [0.15, 0.2) is 0 Å². The number of hydrogen-bond acceptors (Lipinski definition) is 3. The molecule has 19 heavy (non-hydrogen) atoms. The van der Waals surface area contributed by atoms with Gasteiger partial charge in [-0.2, -0.15) is 0 Å². The van der Waals surface area contributed by atoms with E-state index in [4.69, 9.17) is 4.74 Å². The Morgan fingerprint density at radius 3 is 2.84 bits per heavy atom.